The first-order valence-corrected chi connectivity index (χ1v) is 5.93. The molecule has 2 rings (SSSR count). The summed E-state index contributed by atoms with van der Waals surface area (Å²) in [5, 5.41) is 3.65. The quantitative estimate of drug-likeness (QED) is 0.814. The molecule has 0 bridgehead atoms. The molecule has 1 aromatic rings. The Morgan fingerprint density at radius 1 is 1.65 bits per heavy atom. The zero-order valence-electron chi connectivity index (χ0n) is 10.2. The van der Waals surface area contributed by atoms with Crippen molar-refractivity contribution < 1.29 is 9.32 Å². The highest BCUT2D eigenvalue weighted by Crippen LogP contribution is 2.19. The van der Waals surface area contributed by atoms with Crippen LogP contribution in [-0.2, 0) is 0 Å². The van der Waals surface area contributed by atoms with Crippen molar-refractivity contribution in [1.82, 2.24) is 15.0 Å². The summed E-state index contributed by atoms with van der Waals surface area (Å²) in [6, 6.07) is 0.109. The fraction of sp³-hybridized carbons (Fsp3) is 0.727. The summed E-state index contributed by atoms with van der Waals surface area (Å²) >= 11 is 0. The van der Waals surface area contributed by atoms with Gasteiger partial charge >= 0.3 is 0 Å². The summed E-state index contributed by atoms with van der Waals surface area (Å²) in [6.07, 6.45) is 2.06. The summed E-state index contributed by atoms with van der Waals surface area (Å²) in [5.41, 5.74) is 5.88. The number of carbonyl (C=O) groups excluding carboxylic acids is 1. The highest BCUT2D eigenvalue weighted by atomic mass is 16.5. The number of nitrogens with zero attached hydrogens (tertiary/aromatic N) is 3. The van der Waals surface area contributed by atoms with Crippen molar-refractivity contribution in [2.75, 3.05) is 13.1 Å². The van der Waals surface area contributed by atoms with E-state index in [4.69, 9.17) is 10.3 Å². The molecule has 0 aromatic carbocycles. The van der Waals surface area contributed by atoms with Gasteiger partial charge in [0.1, 0.15) is 0 Å². The van der Waals surface area contributed by atoms with Crippen molar-refractivity contribution in [2.24, 2.45) is 11.7 Å². The van der Waals surface area contributed by atoms with Gasteiger partial charge in [0.2, 0.25) is 5.89 Å². The van der Waals surface area contributed by atoms with Gasteiger partial charge in [-0.3, -0.25) is 4.79 Å². The van der Waals surface area contributed by atoms with Gasteiger partial charge in [-0.25, -0.2) is 0 Å². The maximum atomic E-state index is 12.1. The number of amides is 1. The third-order valence-electron chi connectivity index (χ3n) is 3.21. The topological polar surface area (TPSA) is 85.2 Å². The lowest BCUT2D eigenvalue weighted by Gasteiger charge is -2.33. The lowest BCUT2D eigenvalue weighted by Crippen LogP contribution is -2.45. The van der Waals surface area contributed by atoms with Crippen LogP contribution < -0.4 is 5.73 Å². The fourth-order valence-electron chi connectivity index (χ4n) is 2.15. The van der Waals surface area contributed by atoms with Crippen LogP contribution in [0.3, 0.4) is 0 Å². The number of rotatable bonds is 2. The summed E-state index contributed by atoms with van der Waals surface area (Å²) in [4.78, 5) is 17.8. The SMILES string of the molecule is Cc1nc(C(=O)N2CCCC(C(C)N)C2)no1. The van der Waals surface area contributed by atoms with E-state index in [2.05, 4.69) is 10.1 Å². The van der Waals surface area contributed by atoms with Gasteiger partial charge in [-0.15, -0.1) is 0 Å². The predicted octanol–water partition coefficient (Wildman–Crippen LogP) is 0.577. The number of likely N-dealkylation sites (tertiary alicyclic amines) is 1. The molecule has 6 heteroatoms. The zero-order valence-corrected chi connectivity index (χ0v) is 10.2. The van der Waals surface area contributed by atoms with E-state index in [1.54, 1.807) is 11.8 Å². The summed E-state index contributed by atoms with van der Waals surface area (Å²) in [7, 11) is 0. The van der Waals surface area contributed by atoms with E-state index >= 15 is 0 Å². The Morgan fingerprint density at radius 2 is 2.41 bits per heavy atom. The summed E-state index contributed by atoms with van der Waals surface area (Å²) in [6.45, 7) is 5.08. The van der Waals surface area contributed by atoms with Crippen LogP contribution in [0.25, 0.3) is 0 Å². The number of aromatic nitrogens is 2. The van der Waals surface area contributed by atoms with Crippen molar-refractivity contribution >= 4 is 5.91 Å². The second kappa shape index (κ2) is 4.83. The van der Waals surface area contributed by atoms with Gasteiger partial charge in [0.15, 0.2) is 0 Å². The standard InChI is InChI=1S/C11H18N4O2/c1-7(12)9-4-3-5-15(6-9)11(16)10-13-8(2)17-14-10/h7,9H,3-6,12H2,1-2H3. The molecule has 1 fully saturated rings. The smallest absolute Gasteiger partial charge is 0.295 e. The number of carbonyl (C=O) groups is 1. The molecule has 0 radical (unpaired) electrons. The fourth-order valence-corrected chi connectivity index (χ4v) is 2.15. The third-order valence-corrected chi connectivity index (χ3v) is 3.21. The van der Waals surface area contributed by atoms with E-state index in [-0.39, 0.29) is 17.8 Å². The van der Waals surface area contributed by atoms with Crippen LogP contribution in [0.4, 0.5) is 0 Å². The highest BCUT2D eigenvalue weighted by Gasteiger charge is 2.28. The average Bonchev–Trinajstić information content (AvgIpc) is 2.75. The minimum absolute atomic E-state index is 0.109. The molecule has 6 nitrogen and oxygen atoms in total. The van der Waals surface area contributed by atoms with E-state index in [0.717, 1.165) is 19.4 Å². The molecule has 94 valence electrons. The van der Waals surface area contributed by atoms with Crippen molar-refractivity contribution in [3.63, 3.8) is 0 Å². The van der Waals surface area contributed by atoms with Gasteiger partial charge in [0.05, 0.1) is 0 Å². The van der Waals surface area contributed by atoms with E-state index in [1.807, 2.05) is 6.92 Å². The van der Waals surface area contributed by atoms with Crippen molar-refractivity contribution in [1.29, 1.82) is 0 Å². The Bertz CT molecular complexity index is 402. The zero-order chi connectivity index (χ0) is 12.4. The van der Waals surface area contributed by atoms with Crippen molar-refractivity contribution in [3.05, 3.63) is 11.7 Å². The summed E-state index contributed by atoms with van der Waals surface area (Å²) in [5.74, 6) is 0.759. The Kier molecular flexibility index (Phi) is 3.42. The second-order valence-corrected chi connectivity index (χ2v) is 4.65. The molecule has 1 aliphatic heterocycles. The van der Waals surface area contributed by atoms with Crippen LogP contribution in [-0.4, -0.2) is 40.1 Å². The Morgan fingerprint density at radius 3 is 3.00 bits per heavy atom. The van der Waals surface area contributed by atoms with Crippen molar-refractivity contribution in [3.8, 4) is 0 Å². The van der Waals surface area contributed by atoms with Crippen LogP contribution in [0.2, 0.25) is 0 Å². The van der Waals surface area contributed by atoms with E-state index in [1.165, 1.54) is 0 Å². The molecule has 17 heavy (non-hydrogen) atoms. The van der Waals surface area contributed by atoms with Gasteiger partial charge < -0.3 is 15.2 Å². The predicted molar refractivity (Wildman–Crippen MR) is 61.3 cm³/mol. The normalized spacial score (nSPS) is 22.5. The first-order valence-electron chi connectivity index (χ1n) is 5.93. The number of nitrogens with two attached hydrogens (primary N) is 1. The molecule has 1 saturated heterocycles. The lowest BCUT2D eigenvalue weighted by molar-refractivity contribution is 0.0645. The van der Waals surface area contributed by atoms with Crippen LogP contribution in [0.5, 0.6) is 0 Å². The van der Waals surface area contributed by atoms with Gasteiger partial charge in [0, 0.05) is 26.1 Å². The number of aryl methyl sites for hydroxylation is 1. The van der Waals surface area contributed by atoms with E-state index < -0.39 is 0 Å². The molecule has 1 amide bonds. The molecule has 2 unspecified atom stereocenters. The molecule has 0 aliphatic carbocycles. The Balaban J connectivity index is 2.04. The molecule has 0 spiro atoms. The van der Waals surface area contributed by atoms with Crippen LogP contribution >= 0.6 is 0 Å². The van der Waals surface area contributed by atoms with Gasteiger partial charge in [-0.1, -0.05) is 5.16 Å². The number of hydrogen-bond donors (Lipinski definition) is 1. The summed E-state index contributed by atoms with van der Waals surface area (Å²) < 4.78 is 4.82. The highest BCUT2D eigenvalue weighted by molar-refractivity contribution is 5.90. The molecule has 2 heterocycles. The monoisotopic (exact) mass is 238 g/mol. The first kappa shape index (κ1) is 12.0. The van der Waals surface area contributed by atoms with Crippen LogP contribution in [0, 0.1) is 12.8 Å². The Hall–Kier alpha value is -1.43. The van der Waals surface area contributed by atoms with Crippen LogP contribution in [0.1, 0.15) is 36.3 Å². The molecule has 1 aliphatic rings. The molecule has 2 N–H and O–H groups in total. The molecule has 2 atom stereocenters. The Labute approximate surface area is 100 Å². The minimum Gasteiger partial charge on any atom is -0.339 e. The maximum absolute atomic E-state index is 12.1. The van der Waals surface area contributed by atoms with Crippen LogP contribution in [0.15, 0.2) is 4.52 Å². The van der Waals surface area contributed by atoms with E-state index in [0.29, 0.717) is 18.4 Å². The molecule has 1 aromatic heterocycles. The van der Waals surface area contributed by atoms with Gasteiger partial charge in [0.25, 0.3) is 11.7 Å². The van der Waals surface area contributed by atoms with Crippen molar-refractivity contribution in [2.45, 2.75) is 32.7 Å². The van der Waals surface area contributed by atoms with Gasteiger partial charge in [-0.2, -0.15) is 4.98 Å². The second-order valence-electron chi connectivity index (χ2n) is 4.65. The molecule has 0 saturated carbocycles. The first-order chi connectivity index (χ1) is 8.08. The van der Waals surface area contributed by atoms with Gasteiger partial charge in [-0.05, 0) is 25.7 Å². The average molecular weight is 238 g/mol. The number of hydrogen-bond acceptors (Lipinski definition) is 5. The molecular formula is C11H18N4O2. The minimum atomic E-state index is -0.160. The third kappa shape index (κ3) is 2.63. The lowest BCUT2D eigenvalue weighted by atomic mass is 9.92. The molecular weight excluding hydrogens is 220 g/mol. The van der Waals surface area contributed by atoms with E-state index in [9.17, 15) is 4.79 Å². The largest absolute Gasteiger partial charge is 0.339 e. The maximum Gasteiger partial charge on any atom is 0.295 e. The number of piperidine rings is 1.